The van der Waals surface area contributed by atoms with Crippen LogP contribution in [0.25, 0.3) is 11.3 Å². The van der Waals surface area contributed by atoms with Gasteiger partial charge in [-0.3, -0.25) is 20.0 Å². The molecule has 2 heterocycles. The van der Waals surface area contributed by atoms with Gasteiger partial charge in [-0.1, -0.05) is 30.3 Å². The van der Waals surface area contributed by atoms with Crippen LogP contribution in [0.1, 0.15) is 22.7 Å². The minimum absolute atomic E-state index is 0.0351. The van der Waals surface area contributed by atoms with Crippen molar-refractivity contribution in [3.05, 3.63) is 70.1 Å². The normalized spacial score (nSPS) is 10.7. The van der Waals surface area contributed by atoms with Gasteiger partial charge in [-0.05, 0) is 25.0 Å². The highest BCUT2D eigenvalue weighted by atomic mass is 16.6. The maximum absolute atomic E-state index is 12.2. The molecule has 3 rings (SSSR count). The number of carbonyl (C=O) groups is 1. The second-order valence-corrected chi connectivity index (χ2v) is 5.87. The Labute approximate surface area is 149 Å². The highest BCUT2D eigenvalue weighted by molar-refractivity contribution is 5.91. The van der Waals surface area contributed by atoms with Crippen LogP contribution in [-0.4, -0.2) is 39.5 Å². The highest BCUT2D eigenvalue weighted by Crippen LogP contribution is 2.18. The molecule has 0 spiro atoms. The molecule has 0 aliphatic rings. The maximum atomic E-state index is 12.2. The number of carbonyl (C=O) groups excluding carboxylic acids is 1. The summed E-state index contributed by atoms with van der Waals surface area (Å²) < 4.78 is 4.94. The number of nitrogens with one attached hydrogen (secondary N) is 1. The van der Waals surface area contributed by atoms with Crippen molar-refractivity contribution in [2.45, 2.75) is 12.8 Å². The van der Waals surface area contributed by atoms with Crippen molar-refractivity contribution < 1.29 is 14.1 Å². The molecule has 1 amide bonds. The lowest BCUT2D eigenvalue weighted by atomic mass is 10.1. The molecule has 0 unspecified atom stereocenters. The minimum Gasteiger partial charge on any atom is -0.395 e. The van der Waals surface area contributed by atoms with Crippen LogP contribution in [0.4, 0.5) is 5.88 Å². The number of benzene rings is 1. The van der Waals surface area contributed by atoms with Crippen molar-refractivity contribution in [2.24, 2.45) is 0 Å². The fourth-order valence-electron chi connectivity index (χ4n) is 2.58. The van der Waals surface area contributed by atoms with Gasteiger partial charge in [-0.2, -0.15) is 5.10 Å². The Morgan fingerprint density at radius 3 is 2.73 bits per heavy atom. The topological polar surface area (TPSA) is 105 Å². The lowest BCUT2D eigenvalue weighted by molar-refractivity contribution is -0.402. The molecule has 0 saturated carbocycles. The van der Waals surface area contributed by atoms with Crippen molar-refractivity contribution in [3.8, 4) is 11.3 Å². The second kappa shape index (κ2) is 7.64. The largest absolute Gasteiger partial charge is 0.433 e. The third-order valence-electron chi connectivity index (χ3n) is 3.97. The maximum Gasteiger partial charge on any atom is 0.433 e. The van der Waals surface area contributed by atoms with E-state index < -0.39 is 10.8 Å². The van der Waals surface area contributed by atoms with Gasteiger partial charge in [0, 0.05) is 24.8 Å². The molecule has 0 radical (unpaired) electrons. The van der Waals surface area contributed by atoms with E-state index in [1.165, 1.54) is 17.0 Å². The monoisotopic (exact) mass is 354 g/mol. The SMILES string of the molecule is CN(CCCc1cc(-c2ccccc2)n[nH]1)C(=O)c1ccc([N+](=O)[O-])o1. The summed E-state index contributed by atoms with van der Waals surface area (Å²) in [4.78, 5) is 23.6. The van der Waals surface area contributed by atoms with E-state index in [1.54, 1.807) is 7.05 Å². The molecular formula is C18H18N4O4. The number of furan rings is 1. The summed E-state index contributed by atoms with van der Waals surface area (Å²) in [6.07, 6.45) is 1.46. The van der Waals surface area contributed by atoms with Crippen molar-refractivity contribution in [1.82, 2.24) is 15.1 Å². The van der Waals surface area contributed by atoms with E-state index in [0.29, 0.717) is 6.54 Å². The Morgan fingerprint density at radius 2 is 2.04 bits per heavy atom. The predicted octanol–water partition coefficient (Wildman–Crippen LogP) is 3.28. The first kappa shape index (κ1) is 17.4. The van der Waals surface area contributed by atoms with E-state index in [0.717, 1.165) is 29.8 Å². The van der Waals surface area contributed by atoms with Crippen LogP contribution in [0.15, 0.2) is 52.9 Å². The molecule has 0 saturated heterocycles. The molecule has 0 bridgehead atoms. The van der Waals surface area contributed by atoms with Crippen molar-refractivity contribution >= 4 is 11.8 Å². The third-order valence-corrected chi connectivity index (χ3v) is 3.97. The second-order valence-electron chi connectivity index (χ2n) is 5.87. The molecule has 0 fully saturated rings. The fraction of sp³-hybridized carbons (Fsp3) is 0.222. The van der Waals surface area contributed by atoms with E-state index in [9.17, 15) is 14.9 Å². The molecule has 0 aliphatic heterocycles. The van der Waals surface area contributed by atoms with Crippen molar-refractivity contribution in [2.75, 3.05) is 13.6 Å². The number of aromatic nitrogens is 2. The zero-order valence-corrected chi connectivity index (χ0v) is 14.2. The standard InChI is InChI=1S/C18H18N4O4/c1-21(18(23)16-9-10-17(26-16)22(24)25)11-5-8-14-12-15(20-19-14)13-6-3-2-4-7-13/h2-4,6-7,9-10,12H,5,8,11H2,1H3,(H,19,20). The van der Waals surface area contributed by atoms with Crippen LogP contribution in [0, 0.1) is 10.1 Å². The van der Waals surface area contributed by atoms with Crippen molar-refractivity contribution in [3.63, 3.8) is 0 Å². The summed E-state index contributed by atoms with van der Waals surface area (Å²) in [5.41, 5.74) is 2.91. The molecule has 8 heteroatoms. The zero-order chi connectivity index (χ0) is 18.5. The molecule has 0 atom stereocenters. The summed E-state index contributed by atoms with van der Waals surface area (Å²) in [5, 5.41) is 17.9. The van der Waals surface area contributed by atoms with Crippen LogP contribution in [0.5, 0.6) is 0 Å². The summed E-state index contributed by atoms with van der Waals surface area (Å²) in [5.74, 6) is -0.854. The van der Waals surface area contributed by atoms with Gasteiger partial charge in [0.05, 0.1) is 11.8 Å². The Morgan fingerprint density at radius 1 is 1.27 bits per heavy atom. The first-order valence-electron chi connectivity index (χ1n) is 8.14. The first-order chi connectivity index (χ1) is 12.5. The van der Waals surface area contributed by atoms with E-state index in [-0.39, 0.29) is 11.7 Å². The van der Waals surface area contributed by atoms with E-state index in [1.807, 2.05) is 36.4 Å². The van der Waals surface area contributed by atoms with Gasteiger partial charge in [0.2, 0.25) is 0 Å². The lowest BCUT2D eigenvalue weighted by Crippen LogP contribution is -2.27. The molecule has 134 valence electrons. The number of H-pyrrole nitrogens is 1. The van der Waals surface area contributed by atoms with Gasteiger partial charge in [0.1, 0.15) is 4.92 Å². The quantitative estimate of drug-likeness (QED) is 0.518. The Hall–Kier alpha value is -3.42. The Balaban J connectivity index is 1.52. The average Bonchev–Trinajstić information content (AvgIpc) is 3.31. The lowest BCUT2D eigenvalue weighted by Gasteiger charge is -2.14. The number of hydrogen-bond acceptors (Lipinski definition) is 5. The third kappa shape index (κ3) is 3.97. The van der Waals surface area contributed by atoms with Gasteiger partial charge in [0.15, 0.2) is 5.76 Å². The predicted molar refractivity (Wildman–Crippen MR) is 94.7 cm³/mol. The number of amides is 1. The zero-order valence-electron chi connectivity index (χ0n) is 14.2. The molecule has 26 heavy (non-hydrogen) atoms. The summed E-state index contributed by atoms with van der Waals surface area (Å²) in [7, 11) is 1.64. The van der Waals surface area contributed by atoms with Gasteiger partial charge in [-0.25, -0.2) is 0 Å². The number of aryl methyl sites for hydroxylation is 1. The van der Waals surface area contributed by atoms with Gasteiger partial charge >= 0.3 is 5.88 Å². The Bertz CT molecular complexity index is 901. The van der Waals surface area contributed by atoms with Gasteiger partial charge in [0.25, 0.3) is 5.91 Å². The first-order valence-corrected chi connectivity index (χ1v) is 8.14. The van der Waals surface area contributed by atoms with E-state index >= 15 is 0 Å². The van der Waals surface area contributed by atoms with E-state index in [2.05, 4.69) is 10.2 Å². The number of hydrogen-bond donors (Lipinski definition) is 1. The average molecular weight is 354 g/mol. The molecule has 8 nitrogen and oxygen atoms in total. The minimum atomic E-state index is -0.667. The van der Waals surface area contributed by atoms with E-state index in [4.69, 9.17) is 4.42 Å². The molecule has 1 aromatic carbocycles. The summed E-state index contributed by atoms with van der Waals surface area (Å²) in [6.45, 7) is 0.493. The Kier molecular flexibility index (Phi) is 5.12. The smallest absolute Gasteiger partial charge is 0.395 e. The number of aromatic amines is 1. The summed E-state index contributed by atoms with van der Waals surface area (Å²) >= 11 is 0. The molecular weight excluding hydrogens is 336 g/mol. The van der Waals surface area contributed by atoms with Crippen LogP contribution in [-0.2, 0) is 6.42 Å². The number of nitrogens with zero attached hydrogens (tertiary/aromatic N) is 3. The van der Waals surface area contributed by atoms with Gasteiger partial charge in [-0.15, -0.1) is 0 Å². The molecule has 3 aromatic rings. The van der Waals surface area contributed by atoms with Crippen LogP contribution >= 0.6 is 0 Å². The van der Waals surface area contributed by atoms with Crippen LogP contribution in [0.3, 0.4) is 0 Å². The fourth-order valence-corrected chi connectivity index (χ4v) is 2.58. The van der Waals surface area contributed by atoms with Crippen LogP contribution in [0.2, 0.25) is 0 Å². The van der Waals surface area contributed by atoms with Gasteiger partial charge < -0.3 is 9.32 Å². The highest BCUT2D eigenvalue weighted by Gasteiger charge is 2.20. The molecule has 1 N–H and O–H groups in total. The van der Waals surface area contributed by atoms with Crippen molar-refractivity contribution in [1.29, 1.82) is 0 Å². The molecule has 0 aliphatic carbocycles. The van der Waals surface area contributed by atoms with Crippen LogP contribution < -0.4 is 0 Å². The molecule has 2 aromatic heterocycles. The number of nitro groups is 1. The summed E-state index contributed by atoms with van der Waals surface area (Å²) in [6, 6.07) is 14.4. The number of rotatable bonds is 7.